The molecule has 1 aromatic carbocycles. The quantitative estimate of drug-likeness (QED) is 0.891. The summed E-state index contributed by atoms with van der Waals surface area (Å²) in [7, 11) is 0. The monoisotopic (exact) mass is 346 g/mol. The summed E-state index contributed by atoms with van der Waals surface area (Å²) in [5.41, 5.74) is 2.62. The molecule has 2 aliphatic heterocycles. The number of aromatic nitrogens is 2. The molecular formula is C16H15ClN4O3. The standard InChI is InChI=1S/C16H15ClN4O3/c17-11-1-2-14-13(5-11)21(16(23)9-24-14)8-15(22)20-4-3-10-6-18-19-12(10)7-20/h1-2,5-6H,3-4,7-9H2,(H,18,19). The van der Waals surface area contributed by atoms with Crippen LogP contribution in [0.5, 0.6) is 5.75 Å². The predicted octanol–water partition coefficient (Wildman–Crippen LogP) is 1.37. The van der Waals surface area contributed by atoms with Gasteiger partial charge in [0, 0.05) is 11.6 Å². The summed E-state index contributed by atoms with van der Waals surface area (Å²) in [6.07, 6.45) is 2.55. The van der Waals surface area contributed by atoms with E-state index in [1.54, 1.807) is 29.3 Å². The Morgan fingerprint density at radius 1 is 1.42 bits per heavy atom. The third-order valence-corrected chi connectivity index (χ3v) is 4.55. The van der Waals surface area contributed by atoms with Crippen LogP contribution < -0.4 is 9.64 Å². The van der Waals surface area contributed by atoms with E-state index in [0.717, 1.165) is 17.7 Å². The van der Waals surface area contributed by atoms with Crippen LogP contribution in [0.2, 0.25) is 5.02 Å². The Morgan fingerprint density at radius 2 is 2.29 bits per heavy atom. The van der Waals surface area contributed by atoms with Crippen molar-refractivity contribution in [2.24, 2.45) is 0 Å². The Bertz CT molecular complexity index is 819. The summed E-state index contributed by atoms with van der Waals surface area (Å²) in [6, 6.07) is 5.05. The van der Waals surface area contributed by atoms with Crippen LogP contribution >= 0.6 is 11.6 Å². The molecular weight excluding hydrogens is 332 g/mol. The van der Waals surface area contributed by atoms with E-state index in [0.29, 0.717) is 29.5 Å². The predicted molar refractivity (Wildman–Crippen MR) is 87.0 cm³/mol. The maximum Gasteiger partial charge on any atom is 0.265 e. The van der Waals surface area contributed by atoms with Crippen LogP contribution in [0, 0.1) is 0 Å². The minimum atomic E-state index is -0.252. The highest BCUT2D eigenvalue weighted by atomic mass is 35.5. The van der Waals surface area contributed by atoms with E-state index < -0.39 is 0 Å². The average molecular weight is 347 g/mol. The van der Waals surface area contributed by atoms with Gasteiger partial charge in [-0.1, -0.05) is 11.6 Å². The third-order valence-electron chi connectivity index (χ3n) is 4.32. The van der Waals surface area contributed by atoms with Crippen LogP contribution in [0.4, 0.5) is 5.69 Å². The summed E-state index contributed by atoms with van der Waals surface area (Å²) < 4.78 is 5.40. The van der Waals surface area contributed by atoms with E-state index >= 15 is 0 Å². The number of H-pyrrole nitrogens is 1. The zero-order valence-corrected chi connectivity index (χ0v) is 13.5. The SMILES string of the molecule is O=C(CN1C(=O)COc2ccc(Cl)cc21)N1CCc2cn[nH]c2C1. The van der Waals surface area contributed by atoms with E-state index in [2.05, 4.69) is 10.2 Å². The van der Waals surface area contributed by atoms with Crippen LogP contribution in [0.3, 0.4) is 0 Å². The molecule has 0 spiro atoms. The highest BCUT2D eigenvalue weighted by molar-refractivity contribution is 6.31. The van der Waals surface area contributed by atoms with Crippen LogP contribution in [0.25, 0.3) is 0 Å². The van der Waals surface area contributed by atoms with Gasteiger partial charge in [0.25, 0.3) is 5.91 Å². The van der Waals surface area contributed by atoms with Crippen molar-refractivity contribution in [2.75, 3.05) is 24.6 Å². The topological polar surface area (TPSA) is 78.5 Å². The smallest absolute Gasteiger partial charge is 0.265 e. The van der Waals surface area contributed by atoms with Crippen molar-refractivity contribution in [1.29, 1.82) is 0 Å². The number of carbonyl (C=O) groups excluding carboxylic acids is 2. The maximum atomic E-state index is 12.7. The molecule has 7 nitrogen and oxygen atoms in total. The number of nitrogens with one attached hydrogen (secondary N) is 1. The van der Waals surface area contributed by atoms with Gasteiger partial charge in [0.1, 0.15) is 12.3 Å². The highest BCUT2D eigenvalue weighted by Gasteiger charge is 2.30. The van der Waals surface area contributed by atoms with E-state index in [9.17, 15) is 9.59 Å². The Kier molecular flexibility index (Phi) is 3.65. The van der Waals surface area contributed by atoms with Gasteiger partial charge >= 0.3 is 0 Å². The summed E-state index contributed by atoms with van der Waals surface area (Å²) >= 11 is 6.02. The number of nitrogens with zero attached hydrogens (tertiary/aromatic N) is 3. The molecule has 0 fully saturated rings. The molecule has 0 atom stereocenters. The molecule has 2 aliphatic rings. The minimum absolute atomic E-state index is 0.0288. The molecule has 0 saturated heterocycles. The van der Waals surface area contributed by atoms with Crippen molar-refractivity contribution in [1.82, 2.24) is 15.1 Å². The zero-order chi connectivity index (χ0) is 16.7. The van der Waals surface area contributed by atoms with Crippen molar-refractivity contribution in [2.45, 2.75) is 13.0 Å². The summed E-state index contributed by atoms with van der Waals surface area (Å²) in [6.45, 7) is 0.993. The number of rotatable bonds is 2. The first-order valence-corrected chi connectivity index (χ1v) is 8.01. The number of benzene rings is 1. The molecule has 124 valence electrons. The Hall–Kier alpha value is -2.54. The lowest BCUT2D eigenvalue weighted by atomic mass is 10.1. The first-order valence-electron chi connectivity index (χ1n) is 7.63. The summed E-state index contributed by atoms with van der Waals surface area (Å²) in [4.78, 5) is 28.0. The van der Waals surface area contributed by atoms with E-state index in [4.69, 9.17) is 16.3 Å². The number of ether oxygens (including phenoxy) is 1. The zero-order valence-electron chi connectivity index (χ0n) is 12.8. The lowest BCUT2D eigenvalue weighted by molar-refractivity contribution is -0.132. The molecule has 8 heteroatoms. The number of aromatic amines is 1. The summed E-state index contributed by atoms with van der Waals surface area (Å²) in [5.74, 6) is 0.190. The van der Waals surface area contributed by atoms with Gasteiger partial charge in [-0.05, 0) is 30.2 Å². The molecule has 0 unspecified atom stereocenters. The molecule has 0 radical (unpaired) electrons. The van der Waals surface area contributed by atoms with Gasteiger partial charge in [-0.15, -0.1) is 0 Å². The number of anilines is 1. The largest absolute Gasteiger partial charge is 0.482 e. The van der Waals surface area contributed by atoms with Crippen LogP contribution in [0.15, 0.2) is 24.4 Å². The molecule has 1 N–H and O–H groups in total. The van der Waals surface area contributed by atoms with Gasteiger partial charge < -0.3 is 9.64 Å². The van der Waals surface area contributed by atoms with Gasteiger partial charge in [0.05, 0.1) is 24.1 Å². The normalized spacial score (nSPS) is 16.5. The van der Waals surface area contributed by atoms with E-state index in [1.807, 2.05) is 0 Å². The lowest BCUT2D eigenvalue weighted by Crippen LogP contribution is -2.47. The number of amides is 2. The number of halogens is 1. The van der Waals surface area contributed by atoms with Crippen molar-refractivity contribution < 1.29 is 14.3 Å². The average Bonchev–Trinajstić information content (AvgIpc) is 3.05. The van der Waals surface area contributed by atoms with Crippen molar-refractivity contribution in [3.05, 3.63) is 40.7 Å². The fraction of sp³-hybridized carbons (Fsp3) is 0.312. The van der Waals surface area contributed by atoms with Crippen LogP contribution in [-0.4, -0.2) is 46.6 Å². The van der Waals surface area contributed by atoms with Gasteiger partial charge in [-0.25, -0.2) is 0 Å². The third kappa shape index (κ3) is 2.60. The molecule has 0 aliphatic carbocycles. The fourth-order valence-corrected chi connectivity index (χ4v) is 3.18. The Morgan fingerprint density at radius 3 is 3.17 bits per heavy atom. The van der Waals surface area contributed by atoms with Crippen LogP contribution in [0.1, 0.15) is 11.3 Å². The molecule has 24 heavy (non-hydrogen) atoms. The first kappa shape index (κ1) is 15.0. The Labute approximate surface area is 143 Å². The second kappa shape index (κ2) is 5.83. The maximum absolute atomic E-state index is 12.7. The molecule has 1 aromatic heterocycles. The molecule has 0 bridgehead atoms. The minimum Gasteiger partial charge on any atom is -0.482 e. The molecule has 2 amide bonds. The first-order chi connectivity index (χ1) is 11.6. The van der Waals surface area contributed by atoms with E-state index in [-0.39, 0.29) is 25.0 Å². The van der Waals surface area contributed by atoms with Crippen molar-refractivity contribution in [3.63, 3.8) is 0 Å². The Balaban J connectivity index is 1.54. The van der Waals surface area contributed by atoms with Crippen LogP contribution in [-0.2, 0) is 22.6 Å². The second-order valence-corrected chi connectivity index (χ2v) is 6.26. The van der Waals surface area contributed by atoms with Crippen molar-refractivity contribution >= 4 is 29.1 Å². The summed E-state index contributed by atoms with van der Waals surface area (Å²) in [5, 5.41) is 7.41. The lowest BCUT2D eigenvalue weighted by Gasteiger charge is -2.32. The number of hydrogen-bond acceptors (Lipinski definition) is 4. The fourth-order valence-electron chi connectivity index (χ4n) is 3.01. The van der Waals surface area contributed by atoms with Crippen molar-refractivity contribution in [3.8, 4) is 5.75 Å². The number of fused-ring (bicyclic) bond motifs is 2. The molecule has 0 saturated carbocycles. The number of carbonyl (C=O) groups is 2. The van der Waals surface area contributed by atoms with Gasteiger partial charge in [-0.3, -0.25) is 19.6 Å². The van der Waals surface area contributed by atoms with E-state index in [1.165, 1.54) is 4.90 Å². The highest BCUT2D eigenvalue weighted by Crippen LogP contribution is 2.34. The molecule has 4 rings (SSSR count). The van der Waals surface area contributed by atoms with Gasteiger partial charge in [0.15, 0.2) is 6.61 Å². The van der Waals surface area contributed by atoms with Gasteiger partial charge in [-0.2, -0.15) is 5.10 Å². The van der Waals surface area contributed by atoms with Gasteiger partial charge in [0.2, 0.25) is 5.91 Å². The number of hydrogen-bond donors (Lipinski definition) is 1. The molecule has 2 aromatic rings. The molecule has 3 heterocycles. The second-order valence-electron chi connectivity index (χ2n) is 5.82.